The fraction of sp³-hybridized carbons (Fsp3) is 0.533. The molecular formula is C15H20N4OS2. The molecule has 0 saturated heterocycles. The van der Waals surface area contributed by atoms with Crippen molar-refractivity contribution in [3.05, 3.63) is 16.3 Å². The number of nitrogens with one attached hydrogen (secondary N) is 1. The maximum Gasteiger partial charge on any atom is 0.230 e. The summed E-state index contributed by atoms with van der Waals surface area (Å²) < 4.78 is 2.12. The van der Waals surface area contributed by atoms with E-state index in [4.69, 9.17) is 0 Å². The fourth-order valence-corrected chi connectivity index (χ4v) is 3.68. The SMILES string of the molecule is CCCn1c(SCC(=O)NC2CC2)nnc1-c1csc(C)c1. The van der Waals surface area contributed by atoms with Crippen LogP contribution in [0.25, 0.3) is 11.4 Å². The van der Waals surface area contributed by atoms with Crippen molar-refractivity contribution in [1.29, 1.82) is 0 Å². The van der Waals surface area contributed by atoms with Gasteiger partial charge in [-0.3, -0.25) is 4.79 Å². The predicted octanol–water partition coefficient (Wildman–Crippen LogP) is 3.10. The van der Waals surface area contributed by atoms with Crippen LogP contribution in [-0.2, 0) is 11.3 Å². The Morgan fingerprint density at radius 3 is 2.95 bits per heavy atom. The average molecular weight is 336 g/mol. The monoisotopic (exact) mass is 336 g/mol. The van der Waals surface area contributed by atoms with Crippen LogP contribution in [0.1, 0.15) is 31.1 Å². The van der Waals surface area contributed by atoms with Gasteiger partial charge in [-0.05, 0) is 32.3 Å². The van der Waals surface area contributed by atoms with Crippen LogP contribution in [0.4, 0.5) is 0 Å². The Morgan fingerprint density at radius 2 is 2.32 bits per heavy atom. The van der Waals surface area contributed by atoms with Crippen molar-refractivity contribution in [2.45, 2.75) is 50.9 Å². The minimum atomic E-state index is 0.0893. The molecule has 1 N–H and O–H groups in total. The molecule has 1 aliphatic rings. The number of carbonyl (C=O) groups excluding carboxylic acids is 1. The summed E-state index contributed by atoms with van der Waals surface area (Å²) in [5.41, 5.74) is 1.11. The first kappa shape index (κ1) is 15.6. The number of carbonyl (C=O) groups is 1. The molecule has 2 aromatic rings. The van der Waals surface area contributed by atoms with E-state index in [1.807, 2.05) is 0 Å². The van der Waals surface area contributed by atoms with E-state index >= 15 is 0 Å². The van der Waals surface area contributed by atoms with Gasteiger partial charge in [0.15, 0.2) is 11.0 Å². The van der Waals surface area contributed by atoms with E-state index in [1.165, 1.54) is 16.6 Å². The van der Waals surface area contributed by atoms with Gasteiger partial charge in [0, 0.05) is 28.4 Å². The molecule has 22 heavy (non-hydrogen) atoms. The molecule has 5 nitrogen and oxygen atoms in total. The summed E-state index contributed by atoms with van der Waals surface area (Å²) >= 11 is 3.18. The smallest absolute Gasteiger partial charge is 0.230 e. The number of hydrogen-bond donors (Lipinski definition) is 1. The van der Waals surface area contributed by atoms with E-state index in [9.17, 15) is 4.79 Å². The Balaban J connectivity index is 1.72. The third-order valence-corrected chi connectivity index (χ3v) is 5.26. The molecule has 1 amide bonds. The van der Waals surface area contributed by atoms with Crippen LogP contribution in [0.5, 0.6) is 0 Å². The molecule has 2 aromatic heterocycles. The molecule has 0 aromatic carbocycles. The highest BCUT2D eigenvalue weighted by molar-refractivity contribution is 7.99. The first-order chi connectivity index (χ1) is 10.7. The van der Waals surface area contributed by atoms with Crippen LogP contribution in [-0.4, -0.2) is 32.5 Å². The molecule has 2 heterocycles. The van der Waals surface area contributed by atoms with Gasteiger partial charge in [0.2, 0.25) is 5.91 Å². The zero-order valence-corrected chi connectivity index (χ0v) is 14.5. The van der Waals surface area contributed by atoms with Crippen LogP contribution in [0.3, 0.4) is 0 Å². The second-order valence-corrected chi connectivity index (χ2v) is 7.59. The largest absolute Gasteiger partial charge is 0.353 e. The van der Waals surface area contributed by atoms with Crippen molar-refractivity contribution in [3.63, 3.8) is 0 Å². The summed E-state index contributed by atoms with van der Waals surface area (Å²) in [6.07, 6.45) is 3.24. The van der Waals surface area contributed by atoms with Gasteiger partial charge in [-0.2, -0.15) is 0 Å². The summed E-state index contributed by atoms with van der Waals surface area (Å²) in [4.78, 5) is 13.1. The molecular weight excluding hydrogens is 316 g/mol. The van der Waals surface area contributed by atoms with Gasteiger partial charge < -0.3 is 9.88 Å². The van der Waals surface area contributed by atoms with Gasteiger partial charge >= 0.3 is 0 Å². The Morgan fingerprint density at radius 1 is 1.50 bits per heavy atom. The Bertz CT molecular complexity index is 660. The lowest BCUT2D eigenvalue weighted by molar-refractivity contribution is -0.118. The summed E-state index contributed by atoms with van der Waals surface area (Å²) in [6, 6.07) is 2.54. The van der Waals surface area contributed by atoms with Gasteiger partial charge in [-0.25, -0.2) is 0 Å². The lowest BCUT2D eigenvalue weighted by Gasteiger charge is -2.08. The summed E-state index contributed by atoms with van der Waals surface area (Å²) in [6.45, 7) is 5.09. The van der Waals surface area contributed by atoms with Gasteiger partial charge in [-0.15, -0.1) is 21.5 Å². The zero-order chi connectivity index (χ0) is 15.5. The molecule has 1 fully saturated rings. The Labute approximate surface area is 138 Å². The van der Waals surface area contributed by atoms with Gasteiger partial charge in [0.1, 0.15) is 0 Å². The number of rotatable bonds is 7. The second kappa shape index (κ2) is 6.83. The van der Waals surface area contributed by atoms with E-state index in [-0.39, 0.29) is 5.91 Å². The fourth-order valence-electron chi connectivity index (χ4n) is 2.22. The second-order valence-electron chi connectivity index (χ2n) is 5.53. The van der Waals surface area contributed by atoms with Crippen molar-refractivity contribution in [3.8, 4) is 11.4 Å². The number of nitrogens with zero attached hydrogens (tertiary/aromatic N) is 3. The summed E-state index contributed by atoms with van der Waals surface area (Å²) in [7, 11) is 0. The summed E-state index contributed by atoms with van der Waals surface area (Å²) in [5, 5.41) is 14.6. The molecule has 0 unspecified atom stereocenters. The lowest BCUT2D eigenvalue weighted by atomic mass is 10.3. The quantitative estimate of drug-likeness (QED) is 0.789. The van der Waals surface area contributed by atoms with Crippen molar-refractivity contribution in [2.75, 3.05) is 5.75 Å². The maximum atomic E-state index is 11.8. The van der Waals surface area contributed by atoms with Crippen LogP contribution in [0, 0.1) is 6.92 Å². The van der Waals surface area contributed by atoms with Gasteiger partial charge in [-0.1, -0.05) is 18.7 Å². The summed E-state index contributed by atoms with van der Waals surface area (Å²) in [5.74, 6) is 1.39. The minimum Gasteiger partial charge on any atom is -0.353 e. The predicted molar refractivity (Wildman–Crippen MR) is 90.3 cm³/mol. The highest BCUT2D eigenvalue weighted by Crippen LogP contribution is 2.28. The van der Waals surface area contributed by atoms with Crippen molar-refractivity contribution >= 4 is 29.0 Å². The number of aryl methyl sites for hydroxylation is 1. The lowest BCUT2D eigenvalue weighted by Crippen LogP contribution is -2.27. The van der Waals surface area contributed by atoms with Gasteiger partial charge in [0.05, 0.1) is 5.75 Å². The Kier molecular flexibility index (Phi) is 4.83. The maximum absolute atomic E-state index is 11.8. The molecule has 1 saturated carbocycles. The van der Waals surface area contributed by atoms with E-state index in [0.717, 1.165) is 42.4 Å². The topological polar surface area (TPSA) is 59.8 Å². The highest BCUT2D eigenvalue weighted by atomic mass is 32.2. The van der Waals surface area contributed by atoms with Crippen LogP contribution in [0.2, 0.25) is 0 Å². The third-order valence-electron chi connectivity index (χ3n) is 3.43. The van der Waals surface area contributed by atoms with E-state index in [2.05, 4.69) is 45.4 Å². The number of amides is 1. The highest BCUT2D eigenvalue weighted by Gasteiger charge is 2.23. The van der Waals surface area contributed by atoms with Crippen molar-refractivity contribution < 1.29 is 4.79 Å². The van der Waals surface area contributed by atoms with E-state index in [0.29, 0.717) is 11.8 Å². The molecule has 7 heteroatoms. The third kappa shape index (κ3) is 3.70. The van der Waals surface area contributed by atoms with Crippen LogP contribution < -0.4 is 5.32 Å². The molecule has 0 aliphatic heterocycles. The number of aromatic nitrogens is 3. The number of thioether (sulfide) groups is 1. The average Bonchev–Trinajstić information content (AvgIpc) is 3.05. The normalized spacial score (nSPS) is 14.3. The van der Waals surface area contributed by atoms with Gasteiger partial charge in [0.25, 0.3) is 0 Å². The minimum absolute atomic E-state index is 0.0893. The number of hydrogen-bond acceptors (Lipinski definition) is 5. The zero-order valence-electron chi connectivity index (χ0n) is 12.8. The first-order valence-electron chi connectivity index (χ1n) is 7.58. The first-order valence-corrected chi connectivity index (χ1v) is 9.44. The molecule has 1 aliphatic carbocycles. The molecule has 0 bridgehead atoms. The van der Waals surface area contributed by atoms with Crippen LogP contribution >= 0.6 is 23.1 Å². The van der Waals surface area contributed by atoms with Crippen molar-refractivity contribution in [2.24, 2.45) is 0 Å². The molecule has 0 spiro atoms. The molecule has 3 rings (SSSR count). The molecule has 0 atom stereocenters. The number of thiophene rings is 1. The van der Waals surface area contributed by atoms with E-state index < -0.39 is 0 Å². The van der Waals surface area contributed by atoms with Crippen LogP contribution in [0.15, 0.2) is 16.6 Å². The molecule has 118 valence electrons. The Hall–Kier alpha value is -1.34. The standard InChI is InChI=1S/C15H20N4OS2/c1-3-6-19-14(11-7-10(2)21-8-11)17-18-15(19)22-9-13(20)16-12-4-5-12/h7-8,12H,3-6,9H2,1-2H3,(H,16,20). The van der Waals surface area contributed by atoms with E-state index in [1.54, 1.807) is 11.3 Å². The van der Waals surface area contributed by atoms with Crippen molar-refractivity contribution in [1.82, 2.24) is 20.1 Å². The molecule has 0 radical (unpaired) electrons.